The van der Waals surface area contributed by atoms with Crippen LogP contribution in [0.15, 0.2) is 58.2 Å². The van der Waals surface area contributed by atoms with Crippen LogP contribution >= 0.6 is 15.9 Å². The van der Waals surface area contributed by atoms with Gasteiger partial charge in [-0.1, -0.05) is 28.1 Å². The number of aromatic amines is 1. The number of ether oxygens (including phenoxy) is 1. The smallest absolute Gasteiger partial charge is 0.119 e. The van der Waals surface area contributed by atoms with E-state index in [9.17, 15) is 0 Å². The fourth-order valence-electron chi connectivity index (χ4n) is 2.98. The molecule has 1 atom stereocenters. The summed E-state index contributed by atoms with van der Waals surface area (Å²) in [5.74, 6) is 0.866. The fraction of sp³-hybridized carbons (Fsp3) is 0.167. The van der Waals surface area contributed by atoms with E-state index in [1.807, 2.05) is 24.3 Å². The number of rotatable bonds is 3. The number of methoxy groups -OCH3 is 1. The van der Waals surface area contributed by atoms with E-state index in [0.717, 1.165) is 33.4 Å². The quantitative estimate of drug-likeness (QED) is 0.719. The third kappa shape index (κ3) is 2.61. The van der Waals surface area contributed by atoms with Crippen molar-refractivity contribution in [3.8, 4) is 5.75 Å². The fourth-order valence-corrected chi connectivity index (χ4v) is 3.25. The van der Waals surface area contributed by atoms with Crippen LogP contribution in [0.25, 0.3) is 10.9 Å². The lowest BCUT2D eigenvalue weighted by molar-refractivity contribution is 0.415. The van der Waals surface area contributed by atoms with Crippen LogP contribution in [-0.4, -0.2) is 17.8 Å². The second-order valence-corrected chi connectivity index (χ2v) is 6.52. The second-order valence-electron chi connectivity index (χ2n) is 5.61. The number of aromatic nitrogens is 1. The van der Waals surface area contributed by atoms with Crippen LogP contribution in [0.2, 0.25) is 0 Å². The molecule has 0 spiro atoms. The molecule has 2 aromatic carbocycles. The molecule has 1 aromatic heterocycles. The summed E-state index contributed by atoms with van der Waals surface area (Å²) in [6.45, 7) is 0. The number of nitrogens with zero attached hydrogens (tertiary/aromatic N) is 1. The van der Waals surface area contributed by atoms with E-state index < -0.39 is 0 Å². The largest absolute Gasteiger partial charge is 0.497 e. The molecule has 0 saturated carbocycles. The summed E-state index contributed by atoms with van der Waals surface area (Å²) < 4.78 is 6.42. The van der Waals surface area contributed by atoms with Gasteiger partial charge in [-0.05, 0) is 35.9 Å². The molecule has 2 N–H and O–H groups in total. The number of halogens is 1. The summed E-state index contributed by atoms with van der Waals surface area (Å²) in [5, 5.41) is 5.70. The van der Waals surface area contributed by atoms with Crippen molar-refractivity contribution < 1.29 is 4.74 Å². The van der Waals surface area contributed by atoms with Crippen molar-refractivity contribution in [3.63, 3.8) is 0 Å². The van der Waals surface area contributed by atoms with Crippen molar-refractivity contribution in [2.45, 2.75) is 12.5 Å². The molecule has 0 fully saturated rings. The van der Waals surface area contributed by atoms with Crippen LogP contribution < -0.4 is 10.2 Å². The lowest BCUT2D eigenvalue weighted by Gasteiger charge is -2.09. The zero-order valence-corrected chi connectivity index (χ0v) is 14.2. The van der Waals surface area contributed by atoms with Crippen molar-refractivity contribution in [2.24, 2.45) is 5.10 Å². The van der Waals surface area contributed by atoms with Crippen LogP contribution in [0.3, 0.4) is 0 Å². The number of hydrazone groups is 1. The van der Waals surface area contributed by atoms with Gasteiger partial charge in [-0.15, -0.1) is 0 Å². The highest BCUT2D eigenvalue weighted by atomic mass is 79.9. The van der Waals surface area contributed by atoms with Gasteiger partial charge in [0, 0.05) is 33.6 Å². The number of H-pyrrole nitrogens is 1. The van der Waals surface area contributed by atoms with Gasteiger partial charge in [0.1, 0.15) is 5.75 Å². The summed E-state index contributed by atoms with van der Waals surface area (Å²) in [6, 6.07) is 14.5. The van der Waals surface area contributed by atoms with Crippen LogP contribution in [0.5, 0.6) is 5.75 Å². The average Bonchev–Trinajstić information content (AvgIpc) is 3.21. The van der Waals surface area contributed by atoms with Gasteiger partial charge in [0.15, 0.2) is 0 Å². The third-order valence-corrected chi connectivity index (χ3v) is 4.76. The summed E-state index contributed by atoms with van der Waals surface area (Å²) >= 11 is 3.47. The Hall–Kier alpha value is -2.27. The molecule has 1 aliphatic rings. The maximum atomic E-state index is 5.34. The summed E-state index contributed by atoms with van der Waals surface area (Å²) in [5.41, 5.74) is 7.83. The lowest BCUT2D eigenvalue weighted by atomic mass is 9.99. The lowest BCUT2D eigenvalue weighted by Crippen LogP contribution is -2.09. The van der Waals surface area contributed by atoms with E-state index >= 15 is 0 Å². The number of nitrogens with one attached hydrogen (secondary N) is 2. The van der Waals surface area contributed by atoms with E-state index in [-0.39, 0.29) is 6.04 Å². The van der Waals surface area contributed by atoms with Gasteiger partial charge < -0.3 is 15.1 Å². The Morgan fingerprint density at radius 3 is 2.78 bits per heavy atom. The van der Waals surface area contributed by atoms with Crippen molar-refractivity contribution in [1.29, 1.82) is 0 Å². The highest BCUT2D eigenvalue weighted by Crippen LogP contribution is 2.32. The first kappa shape index (κ1) is 14.3. The molecule has 3 aromatic rings. The zero-order valence-electron chi connectivity index (χ0n) is 12.6. The summed E-state index contributed by atoms with van der Waals surface area (Å²) in [4.78, 5) is 3.33. The van der Waals surface area contributed by atoms with E-state index in [0.29, 0.717) is 0 Å². The summed E-state index contributed by atoms with van der Waals surface area (Å²) in [6.07, 6.45) is 2.92. The molecule has 0 saturated heterocycles. The number of hydrogen-bond acceptors (Lipinski definition) is 3. The number of fused-ring (bicyclic) bond motifs is 1. The standard InChI is InChI=1S/C18H16BrN3O/c1-23-13-6-7-16-14(8-13)15(10-20-16)18-9-17(21-22-18)11-2-4-12(19)5-3-11/h2-8,10,18,20,22H,9H2,1H3. The predicted octanol–water partition coefficient (Wildman–Crippen LogP) is 4.38. The predicted molar refractivity (Wildman–Crippen MR) is 96.0 cm³/mol. The second kappa shape index (κ2) is 5.74. The van der Waals surface area contributed by atoms with Gasteiger partial charge in [-0.2, -0.15) is 5.10 Å². The highest BCUT2D eigenvalue weighted by molar-refractivity contribution is 9.10. The van der Waals surface area contributed by atoms with Gasteiger partial charge in [-0.25, -0.2) is 0 Å². The number of hydrogen-bond donors (Lipinski definition) is 2. The van der Waals surface area contributed by atoms with Crippen LogP contribution in [0.1, 0.15) is 23.6 Å². The minimum absolute atomic E-state index is 0.175. The Balaban J connectivity index is 1.62. The minimum Gasteiger partial charge on any atom is -0.497 e. The van der Waals surface area contributed by atoms with Crippen LogP contribution in [0.4, 0.5) is 0 Å². The Bertz CT molecular complexity index is 883. The van der Waals surface area contributed by atoms with Gasteiger partial charge >= 0.3 is 0 Å². The first-order valence-electron chi connectivity index (χ1n) is 7.47. The maximum absolute atomic E-state index is 5.34. The summed E-state index contributed by atoms with van der Waals surface area (Å²) in [7, 11) is 1.69. The minimum atomic E-state index is 0.175. The Morgan fingerprint density at radius 2 is 2.00 bits per heavy atom. The van der Waals surface area contributed by atoms with E-state index in [1.165, 1.54) is 10.9 Å². The van der Waals surface area contributed by atoms with Gasteiger partial charge in [0.05, 0.1) is 18.9 Å². The molecular weight excluding hydrogens is 354 g/mol. The first-order chi connectivity index (χ1) is 11.2. The molecule has 1 aliphatic heterocycles. The Morgan fingerprint density at radius 1 is 1.17 bits per heavy atom. The van der Waals surface area contributed by atoms with E-state index in [1.54, 1.807) is 7.11 Å². The molecule has 2 heterocycles. The maximum Gasteiger partial charge on any atom is 0.119 e. The molecule has 4 nitrogen and oxygen atoms in total. The molecule has 4 rings (SSSR count). The molecule has 5 heteroatoms. The third-order valence-electron chi connectivity index (χ3n) is 4.23. The molecule has 116 valence electrons. The van der Waals surface area contributed by atoms with Crippen molar-refractivity contribution in [1.82, 2.24) is 10.4 Å². The van der Waals surface area contributed by atoms with Gasteiger partial charge in [-0.3, -0.25) is 0 Å². The molecule has 1 unspecified atom stereocenters. The van der Waals surface area contributed by atoms with Gasteiger partial charge in [0.2, 0.25) is 0 Å². The monoisotopic (exact) mass is 369 g/mol. The van der Waals surface area contributed by atoms with Crippen molar-refractivity contribution in [2.75, 3.05) is 7.11 Å². The van der Waals surface area contributed by atoms with Crippen molar-refractivity contribution in [3.05, 3.63) is 64.3 Å². The molecule has 0 bridgehead atoms. The van der Waals surface area contributed by atoms with Crippen molar-refractivity contribution >= 4 is 32.5 Å². The Labute approximate surface area is 142 Å². The Kier molecular flexibility index (Phi) is 3.58. The molecule has 0 aliphatic carbocycles. The molecule has 23 heavy (non-hydrogen) atoms. The van der Waals surface area contributed by atoms with E-state index in [2.05, 4.69) is 55.8 Å². The average molecular weight is 370 g/mol. The first-order valence-corrected chi connectivity index (χ1v) is 8.27. The zero-order chi connectivity index (χ0) is 15.8. The number of benzene rings is 2. The molecule has 0 radical (unpaired) electrons. The van der Waals surface area contributed by atoms with E-state index in [4.69, 9.17) is 4.74 Å². The van der Waals surface area contributed by atoms with Crippen LogP contribution in [0, 0.1) is 0 Å². The topological polar surface area (TPSA) is 49.4 Å². The SMILES string of the molecule is COc1ccc2[nH]cc(C3CC(c4ccc(Br)cc4)=NN3)c2c1. The normalized spacial score (nSPS) is 17.1. The van der Waals surface area contributed by atoms with Gasteiger partial charge in [0.25, 0.3) is 0 Å². The highest BCUT2D eigenvalue weighted by Gasteiger charge is 2.23. The molecule has 0 amide bonds. The molecular formula is C18H16BrN3O. The van der Waals surface area contributed by atoms with Crippen LogP contribution in [-0.2, 0) is 0 Å².